The zero-order chi connectivity index (χ0) is 24.3. The first-order chi connectivity index (χ1) is 16.1. The van der Waals surface area contributed by atoms with E-state index in [9.17, 15) is 15.0 Å². The summed E-state index contributed by atoms with van der Waals surface area (Å²) in [6, 6.07) is 4.20. The lowest BCUT2D eigenvalue weighted by Gasteiger charge is -2.62. The standard InChI is InChI=1S/C29H45NO3S/c1-17(14-26(33)30-18(2)25-6-5-13-34-25)21-7-8-22-27-23(10-12-29(21,22)4)28(3)11-9-20(31)15-19(28)16-24(27)32/h5-6,13,17-24,27,31-32H,7-12,14-16H2,1-4H3,(H,30,33)/t17-,18?,19+,20-,21-,22+,23+,24-,27+,28+,29-/m1/s1. The molecular weight excluding hydrogens is 442 g/mol. The van der Waals surface area contributed by atoms with Gasteiger partial charge in [-0.25, -0.2) is 0 Å². The number of aliphatic hydroxyl groups excluding tert-OH is 2. The van der Waals surface area contributed by atoms with Gasteiger partial charge in [-0.05, 0) is 116 Å². The number of fused-ring (bicyclic) bond motifs is 5. The van der Waals surface area contributed by atoms with Crippen molar-refractivity contribution in [3.05, 3.63) is 22.4 Å². The molecule has 1 amide bonds. The maximum atomic E-state index is 12.9. The van der Waals surface area contributed by atoms with E-state index in [0.29, 0.717) is 41.9 Å². The Bertz CT molecular complexity index is 873. The van der Waals surface area contributed by atoms with Crippen LogP contribution in [0.1, 0.15) is 96.4 Å². The number of thiophene rings is 1. The van der Waals surface area contributed by atoms with Crippen LogP contribution in [0, 0.1) is 46.3 Å². The molecule has 1 heterocycles. The van der Waals surface area contributed by atoms with E-state index in [4.69, 9.17) is 0 Å². The molecule has 0 spiro atoms. The first-order valence-corrected chi connectivity index (χ1v) is 14.7. The van der Waals surface area contributed by atoms with E-state index >= 15 is 0 Å². The number of rotatable bonds is 5. The lowest BCUT2D eigenvalue weighted by atomic mass is 9.43. The molecule has 1 aromatic heterocycles. The molecular formula is C29H45NO3S. The number of hydrogen-bond donors (Lipinski definition) is 3. The lowest BCUT2D eigenvalue weighted by Crippen LogP contribution is -2.58. The number of hydrogen-bond acceptors (Lipinski definition) is 4. The molecule has 4 fully saturated rings. The Morgan fingerprint density at radius 1 is 1.09 bits per heavy atom. The number of amides is 1. The Morgan fingerprint density at radius 2 is 1.82 bits per heavy atom. The number of aliphatic hydroxyl groups is 2. The first-order valence-electron chi connectivity index (χ1n) is 13.8. The minimum Gasteiger partial charge on any atom is -0.393 e. The molecule has 0 radical (unpaired) electrons. The largest absolute Gasteiger partial charge is 0.393 e. The Balaban J connectivity index is 1.28. The van der Waals surface area contributed by atoms with Crippen LogP contribution >= 0.6 is 11.3 Å². The normalized spacial score (nSPS) is 45.5. The van der Waals surface area contributed by atoms with E-state index in [2.05, 4.69) is 44.5 Å². The molecule has 0 saturated heterocycles. The summed E-state index contributed by atoms with van der Waals surface area (Å²) in [6.07, 6.45) is 8.75. The third-order valence-electron chi connectivity index (χ3n) is 11.3. The molecule has 4 aliphatic carbocycles. The van der Waals surface area contributed by atoms with Gasteiger partial charge in [0.05, 0.1) is 18.2 Å². The van der Waals surface area contributed by atoms with Crippen molar-refractivity contribution < 1.29 is 15.0 Å². The average molecular weight is 488 g/mol. The van der Waals surface area contributed by atoms with Crippen LogP contribution < -0.4 is 5.32 Å². The van der Waals surface area contributed by atoms with Crippen molar-refractivity contribution in [1.82, 2.24) is 5.32 Å². The summed E-state index contributed by atoms with van der Waals surface area (Å²) >= 11 is 1.70. The topological polar surface area (TPSA) is 69.6 Å². The Morgan fingerprint density at radius 3 is 2.56 bits per heavy atom. The molecule has 4 aliphatic rings. The van der Waals surface area contributed by atoms with Crippen molar-refractivity contribution in [2.24, 2.45) is 46.3 Å². The molecule has 3 N–H and O–H groups in total. The third kappa shape index (κ3) is 4.08. The summed E-state index contributed by atoms with van der Waals surface area (Å²) < 4.78 is 0. The van der Waals surface area contributed by atoms with E-state index in [1.807, 2.05) is 6.07 Å². The molecule has 0 aliphatic heterocycles. The fourth-order valence-electron chi connectivity index (χ4n) is 9.52. The molecule has 0 aromatic carbocycles. The van der Waals surface area contributed by atoms with Gasteiger partial charge in [-0.15, -0.1) is 11.3 Å². The van der Waals surface area contributed by atoms with Crippen molar-refractivity contribution in [2.45, 2.75) is 104 Å². The average Bonchev–Trinajstić information content (AvgIpc) is 3.42. The number of carbonyl (C=O) groups is 1. The highest BCUT2D eigenvalue weighted by Gasteiger charge is 2.62. The van der Waals surface area contributed by atoms with E-state index in [1.54, 1.807) is 11.3 Å². The van der Waals surface area contributed by atoms with Gasteiger partial charge >= 0.3 is 0 Å². The van der Waals surface area contributed by atoms with Crippen LogP contribution in [0.3, 0.4) is 0 Å². The Kier molecular flexibility index (Phi) is 6.70. The van der Waals surface area contributed by atoms with Crippen molar-refractivity contribution in [2.75, 3.05) is 0 Å². The van der Waals surface area contributed by atoms with Gasteiger partial charge in [0.15, 0.2) is 0 Å². The molecule has 5 heteroatoms. The van der Waals surface area contributed by atoms with E-state index in [0.717, 1.165) is 25.7 Å². The second-order valence-corrected chi connectivity index (χ2v) is 13.9. The molecule has 11 atom stereocenters. The zero-order valence-corrected chi connectivity index (χ0v) is 22.3. The highest BCUT2D eigenvalue weighted by atomic mass is 32.1. The summed E-state index contributed by atoms with van der Waals surface area (Å²) in [5.41, 5.74) is 0.491. The van der Waals surface area contributed by atoms with E-state index in [-0.39, 0.29) is 35.0 Å². The van der Waals surface area contributed by atoms with E-state index in [1.165, 1.54) is 30.6 Å². The monoisotopic (exact) mass is 487 g/mol. The van der Waals surface area contributed by atoms with Crippen molar-refractivity contribution in [3.63, 3.8) is 0 Å². The van der Waals surface area contributed by atoms with Crippen LogP contribution in [0.25, 0.3) is 0 Å². The minimum atomic E-state index is -0.234. The van der Waals surface area contributed by atoms with Gasteiger partial charge in [-0.1, -0.05) is 26.8 Å². The van der Waals surface area contributed by atoms with Gasteiger partial charge in [0.2, 0.25) is 5.91 Å². The minimum absolute atomic E-state index is 0.0714. The second-order valence-electron chi connectivity index (χ2n) is 12.9. The van der Waals surface area contributed by atoms with Gasteiger partial charge in [0.25, 0.3) is 0 Å². The molecule has 34 heavy (non-hydrogen) atoms. The summed E-state index contributed by atoms with van der Waals surface area (Å²) in [5, 5.41) is 27.0. The Hall–Kier alpha value is -0.910. The van der Waals surface area contributed by atoms with Gasteiger partial charge in [-0.2, -0.15) is 0 Å². The van der Waals surface area contributed by atoms with Crippen LogP contribution in [-0.2, 0) is 4.79 Å². The third-order valence-corrected chi connectivity index (χ3v) is 12.3. The lowest BCUT2D eigenvalue weighted by molar-refractivity contribution is -0.174. The summed E-state index contributed by atoms with van der Waals surface area (Å²) in [6.45, 7) is 9.33. The molecule has 5 rings (SSSR count). The molecule has 190 valence electrons. The zero-order valence-electron chi connectivity index (χ0n) is 21.5. The van der Waals surface area contributed by atoms with Crippen molar-refractivity contribution in [1.29, 1.82) is 0 Å². The summed E-state index contributed by atoms with van der Waals surface area (Å²) in [4.78, 5) is 14.1. The number of nitrogens with one attached hydrogen (secondary N) is 1. The SMILES string of the molecule is CC(NC(=O)C[C@@H](C)[C@H]1CC[C@H]2[C@@H]3[C@H](O)C[C@@H]4C[C@H](O)CC[C@]4(C)[C@H]3CC[C@]12C)c1cccs1. The highest BCUT2D eigenvalue weighted by molar-refractivity contribution is 7.10. The summed E-state index contributed by atoms with van der Waals surface area (Å²) in [5.74, 6) is 3.07. The molecule has 4 saturated carbocycles. The fraction of sp³-hybridized carbons (Fsp3) is 0.828. The predicted octanol–water partition coefficient (Wildman–Crippen LogP) is 5.94. The molecule has 0 bridgehead atoms. The Labute approximate surface area is 209 Å². The first kappa shape index (κ1) is 24.8. The predicted molar refractivity (Wildman–Crippen MR) is 137 cm³/mol. The maximum absolute atomic E-state index is 12.9. The van der Waals surface area contributed by atoms with Gasteiger partial charge in [-0.3, -0.25) is 4.79 Å². The maximum Gasteiger partial charge on any atom is 0.220 e. The van der Waals surface area contributed by atoms with Crippen molar-refractivity contribution in [3.8, 4) is 0 Å². The van der Waals surface area contributed by atoms with Crippen LogP contribution in [-0.4, -0.2) is 28.3 Å². The molecule has 1 aromatic rings. The highest BCUT2D eigenvalue weighted by Crippen LogP contribution is 2.68. The smallest absolute Gasteiger partial charge is 0.220 e. The van der Waals surface area contributed by atoms with Gasteiger partial charge in [0.1, 0.15) is 0 Å². The van der Waals surface area contributed by atoms with Crippen LogP contribution in [0.4, 0.5) is 0 Å². The van der Waals surface area contributed by atoms with Gasteiger partial charge < -0.3 is 15.5 Å². The quantitative estimate of drug-likeness (QED) is 0.481. The second kappa shape index (κ2) is 9.19. The van der Waals surface area contributed by atoms with Gasteiger partial charge in [0, 0.05) is 11.3 Å². The fourth-order valence-corrected chi connectivity index (χ4v) is 10.3. The van der Waals surface area contributed by atoms with Crippen LogP contribution in [0.15, 0.2) is 17.5 Å². The van der Waals surface area contributed by atoms with Crippen LogP contribution in [0.5, 0.6) is 0 Å². The van der Waals surface area contributed by atoms with Crippen molar-refractivity contribution >= 4 is 17.2 Å². The molecule has 4 nitrogen and oxygen atoms in total. The number of carbonyl (C=O) groups excluding carboxylic acids is 1. The molecule has 1 unspecified atom stereocenters. The summed E-state index contributed by atoms with van der Waals surface area (Å²) in [7, 11) is 0. The van der Waals surface area contributed by atoms with E-state index < -0.39 is 0 Å². The van der Waals surface area contributed by atoms with Crippen LogP contribution in [0.2, 0.25) is 0 Å².